The van der Waals surface area contributed by atoms with Crippen molar-refractivity contribution >= 4 is 11.6 Å². The van der Waals surface area contributed by atoms with Crippen molar-refractivity contribution in [1.29, 1.82) is 0 Å². The zero-order chi connectivity index (χ0) is 13.8. The van der Waals surface area contributed by atoms with Gasteiger partial charge in [-0.15, -0.1) is 0 Å². The Morgan fingerprint density at radius 3 is 2.53 bits per heavy atom. The Morgan fingerprint density at radius 2 is 1.95 bits per heavy atom. The fourth-order valence-electron chi connectivity index (χ4n) is 2.02. The van der Waals surface area contributed by atoms with Crippen molar-refractivity contribution < 1.29 is 14.3 Å². The first-order chi connectivity index (χ1) is 9.10. The van der Waals surface area contributed by atoms with Crippen LogP contribution in [0.2, 0.25) is 0 Å². The van der Waals surface area contributed by atoms with Gasteiger partial charge in [-0.1, -0.05) is 6.92 Å². The lowest BCUT2D eigenvalue weighted by molar-refractivity contribution is -0.119. The van der Waals surface area contributed by atoms with E-state index < -0.39 is 0 Å². The molecule has 0 saturated carbocycles. The minimum Gasteiger partial charge on any atom is -0.486 e. The van der Waals surface area contributed by atoms with Gasteiger partial charge in [0.15, 0.2) is 11.5 Å². The zero-order valence-electron chi connectivity index (χ0n) is 11.0. The minimum absolute atomic E-state index is 0.213. The van der Waals surface area contributed by atoms with Gasteiger partial charge in [0.2, 0.25) is 5.91 Å². The molecule has 0 radical (unpaired) electrons. The number of ether oxygens (including phenoxy) is 2. The zero-order valence-corrected chi connectivity index (χ0v) is 11.0. The van der Waals surface area contributed by atoms with Gasteiger partial charge in [0.05, 0.1) is 6.54 Å². The van der Waals surface area contributed by atoms with E-state index in [0.29, 0.717) is 36.9 Å². The molecule has 4 N–H and O–H groups in total. The monoisotopic (exact) mass is 265 g/mol. The Labute approximate surface area is 112 Å². The van der Waals surface area contributed by atoms with Gasteiger partial charge in [-0.25, -0.2) is 0 Å². The molecule has 104 valence electrons. The molecule has 0 saturated heterocycles. The van der Waals surface area contributed by atoms with Crippen LogP contribution >= 0.6 is 0 Å². The molecule has 0 aromatic heterocycles. The molecule has 0 unspecified atom stereocenters. The van der Waals surface area contributed by atoms with Gasteiger partial charge in [0.1, 0.15) is 13.2 Å². The van der Waals surface area contributed by atoms with Crippen molar-refractivity contribution in [2.45, 2.75) is 13.5 Å². The van der Waals surface area contributed by atoms with E-state index in [4.69, 9.17) is 20.9 Å². The number of hydrogen-bond donors (Lipinski definition) is 2. The molecule has 1 amide bonds. The predicted molar refractivity (Wildman–Crippen MR) is 72.0 cm³/mol. The number of carbonyl (C=O) groups excluding carboxylic acids is 1. The number of rotatable bonds is 5. The summed E-state index contributed by atoms with van der Waals surface area (Å²) in [6.07, 6.45) is 0. The average molecular weight is 265 g/mol. The predicted octanol–water partition coefficient (Wildman–Crippen LogP) is 0.347. The van der Waals surface area contributed by atoms with Gasteiger partial charge in [-0.2, -0.15) is 0 Å². The van der Waals surface area contributed by atoms with Crippen LogP contribution in [0.25, 0.3) is 0 Å². The molecule has 2 rings (SSSR count). The first-order valence-electron chi connectivity index (χ1n) is 6.28. The Balaban J connectivity index is 2.17. The lowest BCUT2D eigenvalue weighted by Crippen LogP contribution is -2.33. The van der Waals surface area contributed by atoms with E-state index in [1.807, 2.05) is 17.9 Å². The summed E-state index contributed by atoms with van der Waals surface area (Å²) >= 11 is 0. The summed E-state index contributed by atoms with van der Waals surface area (Å²) in [4.78, 5) is 12.9. The van der Waals surface area contributed by atoms with E-state index in [9.17, 15) is 4.79 Å². The van der Waals surface area contributed by atoms with Crippen molar-refractivity contribution in [1.82, 2.24) is 4.90 Å². The number of primary amides is 1. The molecule has 0 aliphatic carbocycles. The Hall–Kier alpha value is -1.95. The van der Waals surface area contributed by atoms with Crippen LogP contribution in [0.3, 0.4) is 0 Å². The highest BCUT2D eigenvalue weighted by molar-refractivity contribution is 5.76. The molecule has 0 atom stereocenters. The highest BCUT2D eigenvalue weighted by atomic mass is 16.6. The second-order valence-corrected chi connectivity index (χ2v) is 4.46. The molecule has 0 spiro atoms. The van der Waals surface area contributed by atoms with Crippen LogP contribution in [0.4, 0.5) is 5.69 Å². The van der Waals surface area contributed by atoms with Crippen LogP contribution in [-0.4, -0.2) is 37.1 Å². The summed E-state index contributed by atoms with van der Waals surface area (Å²) in [5, 5.41) is 0. The molecule has 19 heavy (non-hydrogen) atoms. The van der Waals surface area contributed by atoms with Crippen LogP contribution < -0.4 is 20.9 Å². The number of nitrogens with two attached hydrogens (primary N) is 2. The van der Waals surface area contributed by atoms with Crippen molar-refractivity contribution in [2.75, 3.05) is 32.0 Å². The molecule has 1 aromatic carbocycles. The molecule has 1 aromatic rings. The third-order valence-corrected chi connectivity index (χ3v) is 3.02. The van der Waals surface area contributed by atoms with Crippen LogP contribution in [0, 0.1) is 0 Å². The van der Waals surface area contributed by atoms with Gasteiger partial charge in [-0.05, 0) is 18.2 Å². The fraction of sp³-hybridized carbons (Fsp3) is 0.462. The molecular formula is C13H19N3O3. The Morgan fingerprint density at radius 1 is 1.32 bits per heavy atom. The molecule has 6 heteroatoms. The summed E-state index contributed by atoms with van der Waals surface area (Å²) in [7, 11) is 0. The van der Waals surface area contributed by atoms with Gasteiger partial charge >= 0.3 is 0 Å². The number of fused-ring (bicyclic) bond motifs is 1. The molecular weight excluding hydrogens is 246 g/mol. The second-order valence-electron chi connectivity index (χ2n) is 4.46. The molecule has 0 bridgehead atoms. The lowest BCUT2D eigenvalue weighted by Gasteiger charge is -2.23. The number of amides is 1. The average Bonchev–Trinajstić information content (AvgIpc) is 2.38. The third-order valence-electron chi connectivity index (χ3n) is 3.02. The summed E-state index contributed by atoms with van der Waals surface area (Å²) < 4.78 is 11.0. The molecule has 1 aliphatic rings. The van der Waals surface area contributed by atoms with Gasteiger partial charge in [0.25, 0.3) is 0 Å². The van der Waals surface area contributed by atoms with Crippen LogP contribution in [0.1, 0.15) is 12.5 Å². The number of nitrogens with zero attached hydrogens (tertiary/aromatic N) is 1. The maximum Gasteiger partial charge on any atom is 0.231 e. The van der Waals surface area contributed by atoms with Crippen LogP contribution in [0.5, 0.6) is 11.5 Å². The van der Waals surface area contributed by atoms with Gasteiger partial charge in [0, 0.05) is 18.3 Å². The number of benzene rings is 1. The third kappa shape index (κ3) is 3.29. The van der Waals surface area contributed by atoms with Crippen molar-refractivity contribution in [3.63, 3.8) is 0 Å². The van der Waals surface area contributed by atoms with E-state index in [1.165, 1.54) is 0 Å². The summed E-state index contributed by atoms with van der Waals surface area (Å²) in [5.74, 6) is 1.02. The van der Waals surface area contributed by atoms with Gasteiger partial charge < -0.3 is 20.9 Å². The van der Waals surface area contributed by atoms with E-state index in [0.717, 1.165) is 12.1 Å². The minimum atomic E-state index is -0.349. The Kier molecular flexibility index (Phi) is 4.11. The second kappa shape index (κ2) is 5.79. The number of nitrogen functional groups attached to an aromatic ring is 1. The Bertz CT molecular complexity index is 476. The number of carbonyl (C=O) groups is 1. The maximum atomic E-state index is 11.0. The van der Waals surface area contributed by atoms with Crippen molar-refractivity contribution in [2.24, 2.45) is 5.73 Å². The summed E-state index contributed by atoms with van der Waals surface area (Å²) in [5.41, 5.74) is 12.8. The number of anilines is 1. The topological polar surface area (TPSA) is 90.8 Å². The van der Waals surface area contributed by atoms with Crippen molar-refractivity contribution in [3.05, 3.63) is 17.7 Å². The number of hydrogen-bond acceptors (Lipinski definition) is 5. The maximum absolute atomic E-state index is 11.0. The fourth-order valence-corrected chi connectivity index (χ4v) is 2.02. The molecule has 0 fully saturated rings. The van der Waals surface area contributed by atoms with E-state index >= 15 is 0 Å². The van der Waals surface area contributed by atoms with Crippen LogP contribution in [-0.2, 0) is 11.3 Å². The van der Waals surface area contributed by atoms with Crippen molar-refractivity contribution in [3.8, 4) is 11.5 Å². The number of likely N-dealkylation sites (N-methyl/N-ethyl adjacent to an activating group) is 1. The standard InChI is InChI=1S/C13H19N3O3/c1-2-16(8-13(15)17)7-9-5-11-12(6-10(9)14)19-4-3-18-11/h5-6H,2-4,7-8,14H2,1H3,(H2,15,17). The normalized spacial score (nSPS) is 13.6. The summed E-state index contributed by atoms with van der Waals surface area (Å²) in [6, 6.07) is 3.63. The summed E-state index contributed by atoms with van der Waals surface area (Å²) in [6.45, 7) is 4.53. The lowest BCUT2D eigenvalue weighted by atomic mass is 10.1. The smallest absolute Gasteiger partial charge is 0.231 e. The van der Waals surface area contributed by atoms with Crippen LogP contribution in [0.15, 0.2) is 12.1 Å². The van der Waals surface area contributed by atoms with E-state index in [2.05, 4.69) is 0 Å². The molecule has 1 heterocycles. The SMILES string of the molecule is CCN(CC(N)=O)Cc1cc2c(cc1N)OCCO2. The molecule has 6 nitrogen and oxygen atoms in total. The highest BCUT2D eigenvalue weighted by Gasteiger charge is 2.16. The van der Waals surface area contributed by atoms with E-state index in [-0.39, 0.29) is 12.5 Å². The quantitative estimate of drug-likeness (QED) is 0.749. The first-order valence-corrected chi connectivity index (χ1v) is 6.28. The molecule has 1 aliphatic heterocycles. The van der Waals surface area contributed by atoms with E-state index in [1.54, 1.807) is 6.07 Å². The highest BCUT2D eigenvalue weighted by Crippen LogP contribution is 2.34. The van der Waals surface area contributed by atoms with Gasteiger partial charge in [-0.3, -0.25) is 9.69 Å². The first kappa shape index (κ1) is 13.5. The largest absolute Gasteiger partial charge is 0.486 e.